The topological polar surface area (TPSA) is 56.1 Å². The maximum Gasteiger partial charge on any atom is 0.253 e. The molecule has 1 amide bonds. The van der Waals surface area contributed by atoms with Crippen LogP contribution in [0.15, 0.2) is 29.4 Å². The molecule has 1 aliphatic rings. The summed E-state index contributed by atoms with van der Waals surface area (Å²) in [4.78, 5) is 13.8. The van der Waals surface area contributed by atoms with E-state index in [1.165, 1.54) is 4.90 Å². The molecule has 0 aliphatic carbocycles. The lowest BCUT2D eigenvalue weighted by molar-refractivity contribution is 0.0368. The Bertz CT molecular complexity index is 544. The molecule has 0 bridgehead atoms. The summed E-state index contributed by atoms with van der Waals surface area (Å²) in [5.41, 5.74) is 1.84. The zero-order chi connectivity index (χ0) is 15.6. The van der Waals surface area contributed by atoms with Gasteiger partial charge in [0.2, 0.25) is 0 Å². The average Bonchev–Trinajstić information content (AvgIpc) is 2.83. The van der Waals surface area contributed by atoms with Crippen molar-refractivity contribution in [2.24, 2.45) is 5.10 Å². The molecular weight excluding hydrogens is 266 g/mol. The van der Waals surface area contributed by atoms with Gasteiger partial charge in [0.05, 0.1) is 11.3 Å². The van der Waals surface area contributed by atoms with Gasteiger partial charge in [-0.15, -0.1) is 0 Å². The van der Waals surface area contributed by atoms with Crippen molar-refractivity contribution in [3.05, 3.63) is 29.8 Å². The van der Waals surface area contributed by atoms with Crippen LogP contribution in [0.2, 0.25) is 0 Å². The van der Waals surface area contributed by atoms with E-state index < -0.39 is 5.60 Å². The minimum atomic E-state index is -0.897. The van der Waals surface area contributed by atoms with Gasteiger partial charge < -0.3 is 10.0 Å². The first-order chi connectivity index (χ1) is 9.76. The van der Waals surface area contributed by atoms with Crippen molar-refractivity contribution >= 4 is 17.3 Å². The zero-order valence-electron chi connectivity index (χ0n) is 13.1. The smallest absolute Gasteiger partial charge is 0.253 e. The van der Waals surface area contributed by atoms with E-state index in [4.69, 9.17) is 0 Å². The number of aliphatic hydroxyl groups is 1. The largest absolute Gasteiger partial charge is 0.389 e. The fraction of sp³-hybridized carbons (Fsp3) is 0.500. The number of carbonyl (C=O) groups is 1. The van der Waals surface area contributed by atoms with Gasteiger partial charge >= 0.3 is 0 Å². The number of nitrogens with zero attached hydrogens (tertiary/aromatic N) is 3. The Morgan fingerprint density at radius 3 is 2.48 bits per heavy atom. The summed E-state index contributed by atoms with van der Waals surface area (Å²) in [5.74, 6) is -0.0928. The van der Waals surface area contributed by atoms with E-state index in [-0.39, 0.29) is 5.91 Å². The summed E-state index contributed by atoms with van der Waals surface area (Å²) in [5, 5.41) is 16.2. The molecule has 1 aromatic carbocycles. The average molecular weight is 289 g/mol. The normalized spacial score (nSPS) is 15.1. The summed E-state index contributed by atoms with van der Waals surface area (Å²) in [7, 11) is 1.70. The molecule has 0 atom stereocenters. The van der Waals surface area contributed by atoms with Crippen LogP contribution in [-0.4, -0.2) is 47.4 Å². The number of hydrazone groups is 1. The Labute approximate surface area is 125 Å². The van der Waals surface area contributed by atoms with Gasteiger partial charge in [-0.2, -0.15) is 5.10 Å². The molecule has 0 unspecified atom stereocenters. The quantitative estimate of drug-likeness (QED) is 0.923. The Hall–Kier alpha value is -1.88. The molecule has 21 heavy (non-hydrogen) atoms. The highest BCUT2D eigenvalue weighted by Gasteiger charge is 2.20. The Morgan fingerprint density at radius 2 is 2.00 bits per heavy atom. The van der Waals surface area contributed by atoms with E-state index in [0.29, 0.717) is 12.1 Å². The van der Waals surface area contributed by atoms with Crippen LogP contribution in [0.4, 0.5) is 5.69 Å². The molecule has 0 spiro atoms. The second-order valence-corrected chi connectivity index (χ2v) is 6.23. The molecule has 0 saturated heterocycles. The van der Waals surface area contributed by atoms with Crippen molar-refractivity contribution in [1.82, 2.24) is 4.90 Å². The van der Waals surface area contributed by atoms with Crippen LogP contribution >= 0.6 is 0 Å². The van der Waals surface area contributed by atoms with Crippen LogP contribution in [0.5, 0.6) is 0 Å². The van der Waals surface area contributed by atoms with Crippen LogP contribution in [0.1, 0.15) is 37.6 Å². The predicted molar refractivity (Wildman–Crippen MR) is 84.8 cm³/mol. The number of rotatable bonds is 4. The Morgan fingerprint density at radius 1 is 1.38 bits per heavy atom. The monoisotopic (exact) mass is 289 g/mol. The van der Waals surface area contributed by atoms with Gasteiger partial charge in [0.1, 0.15) is 0 Å². The van der Waals surface area contributed by atoms with Crippen LogP contribution in [0, 0.1) is 0 Å². The van der Waals surface area contributed by atoms with Gasteiger partial charge in [0.25, 0.3) is 5.91 Å². The highest BCUT2D eigenvalue weighted by Crippen LogP contribution is 2.20. The van der Waals surface area contributed by atoms with E-state index in [1.54, 1.807) is 20.9 Å². The minimum absolute atomic E-state index is 0.0928. The lowest BCUT2D eigenvalue weighted by Gasteiger charge is -2.25. The molecule has 1 heterocycles. The van der Waals surface area contributed by atoms with E-state index in [2.05, 4.69) is 5.10 Å². The first-order valence-corrected chi connectivity index (χ1v) is 7.16. The van der Waals surface area contributed by atoms with E-state index in [1.807, 2.05) is 36.2 Å². The Kier molecular flexibility index (Phi) is 4.32. The molecule has 2 rings (SSSR count). The van der Waals surface area contributed by atoms with Crippen molar-refractivity contribution in [1.29, 1.82) is 0 Å². The molecule has 0 aromatic heterocycles. The number of hydrogen-bond donors (Lipinski definition) is 1. The van der Waals surface area contributed by atoms with E-state index in [0.717, 1.165) is 24.4 Å². The van der Waals surface area contributed by atoms with Gasteiger partial charge in [0, 0.05) is 37.8 Å². The van der Waals surface area contributed by atoms with Crippen LogP contribution < -0.4 is 5.01 Å². The zero-order valence-corrected chi connectivity index (χ0v) is 13.1. The third-order valence-electron chi connectivity index (χ3n) is 3.36. The van der Waals surface area contributed by atoms with Crippen molar-refractivity contribution in [2.45, 2.75) is 32.8 Å². The van der Waals surface area contributed by atoms with Crippen molar-refractivity contribution in [2.75, 3.05) is 25.1 Å². The minimum Gasteiger partial charge on any atom is -0.389 e. The second kappa shape index (κ2) is 5.85. The summed E-state index contributed by atoms with van der Waals surface area (Å²) in [6, 6.07) is 7.43. The molecule has 0 saturated carbocycles. The second-order valence-electron chi connectivity index (χ2n) is 6.23. The molecule has 5 heteroatoms. The molecule has 1 aliphatic heterocycles. The maximum absolute atomic E-state index is 12.3. The van der Waals surface area contributed by atoms with Gasteiger partial charge in [-0.05, 0) is 45.0 Å². The first kappa shape index (κ1) is 15.5. The number of carbonyl (C=O) groups excluding carboxylic acids is 1. The van der Waals surface area contributed by atoms with Crippen molar-refractivity contribution < 1.29 is 9.90 Å². The SMILES string of the molecule is CC1=NN(c2ccc(C(=O)N(C)CC(C)(C)O)cc2)CC1. The number of amides is 1. The highest BCUT2D eigenvalue weighted by molar-refractivity contribution is 5.94. The van der Waals surface area contributed by atoms with Gasteiger partial charge in [0.15, 0.2) is 0 Å². The fourth-order valence-corrected chi connectivity index (χ4v) is 2.41. The molecular formula is C16H23N3O2. The predicted octanol–water partition coefficient (Wildman–Crippen LogP) is 2.12. The van der Waals surface area contributed by atoms with Gasteiger partial charge in [-0.25, -0.2) is 0 Å². The van der Waals surface area contributed by atoms with Crippen molar-refractivity contribution in [3.63, 3.8) is 0 Å². The fourth-order valence-electron chi connectivity index (χ4n) is 2.41. The Balaban J connectivity index is 2.06. The van der Waals surface area contributed by atoms with Gasteiger partial charge in [-0.3, -0.25) is 9.80 Å². The highest BCUT2D eigenvalue weighted by atomic mass is 16.3. The number of hydrogen-bond acceptors (Lipinski definition) is 4. The van der Waals surface area contributed by atoms with Crippen LogP contribution in [0.25, 0.3) is 0 Å². The van der Waals surface area contributed by atoms with Crippen LogP contribution in [-0.2, 0) is 0 Å². The van der Waals surface area contributed by atoms with Gasteiger partial charge in [-0.1, -0.05) is 0 Å². The molecule has 0 fully saturated rings. The molecule has 114 valence electrons. The third kappa shape index (κ3) is 4.04. The number of anilines is 1. The summed E-state index contributed by atoms with van der Waals surface area (Å²) >= 11 is 0. The van der Waals surface area contributed by atoms with Crippen molar-refractivity contribution in [3.8, 4) is 0 Å². The lowest BCUT2D eigenvalue weighted by atomic mass is 10.1. The summed E-state index contributed by atoms with van der Waals surface area (Å²) < 4.78 is 0. The molecule has 1 aromatic rings. The first-order valence-electron chi connectivity index (χ1n) is 7.16. The maximum atomic E-state index is 12.3. The summed E-state index contributed by atoms with van der Waals surface area (Å²) in [6.45, 7) is 6.58. The van der Waals surface area contributed by atoms with E-state index in [9.17, 15) is 9.90 Å². The molecule has 1 N–H and O–H groups in total. The van der Waals surface area contributed by atoms with Crippen LogP contribution in [0.3, 0.4) is 0 Å². The lowest BCUT2D eigenvalue weighted by Crippen LogP contribution is -2.39. The van der Waals surface area contributed by atoms with E-state index >= 15 is 0 Å². The third-order valence-corrected chi connectivity index (χ3v) is 3.36. The molecule has 0 radical (unpaired) electrons. The standard InChI is InChI=1S/C16H23N3O2/c1-12-9-10-19(17-12)14-7-5-13(6-8-14)15(20)18(4)11-16(2,3)21/h5-8,21H,9-11H2,1-4H3. The number of benzene rings is 1. The molecule has 5 nitrogen and oxygen atoms in total. The number of likely N-dealkylation sites (N-methyl/N-ethyl adjacent to an activating group) is 1. The summed E-state index contributed by atoms with van der Waals surface area (Å²) in [6.07, 6.45) is 0.981.